The molecule has 1 fully saturated rings. The van der Waals surface area contributed by atoms with Crippen molar-refractivity contribution in [2.45, 2.75) is 17.3 Å². The van der Waals surface area contributed by atoms with E-state index in [9.17, 15) is 4.79 Å². The molecule has 1 aromatic heterocycles. The van der Waals surface area contributed by atoms with Crippen LogP contribution in [-0.2, 0) is 0 Å². The third kappa shape index (κ3) is 4.19. The van der Waals surface area contributed by atoms with Crippen molar-refractivity contribution in [2.75, 3.05) is 31.2 Å². The van der Waals surface area contributed by atoms with Crippen molar-refractivity contribution in [2.24, 2.45) is 0 Å². The number of aromatic nitrogens is 2. The highest BCUT2D eigenvalue weighted by Gasteiger charge is 2.30. The van der Waals surface area contributed by atoms with Crippen LogP contribution in [0.25, 0.3) is 0 Å². The van der Waals surface area contributed by atoms with E-state index in [0.717, 1.165) is 6.42 Å². The molecule has 26 heavy (non-hydrogen) atoms. The molecule has 0 spiro atoms. The number of nitrogens with zero attached hydrogens (tertiary/aromatic N) is 3. The lowest BCUT2D eigenvalue weighted by Gasteiger charge is -2.36. The summed E-state index contributed by atoms with van der Waals surface area (Å²) in [5.41, 5.74) is 6.95. The Morgan fingerprint density at radius 3 is 2.81 bits per heavy atom. The molecule has 3 N–H and O–H groups in total. The Morgan fingerprint density at radius 2 is 2.15 bits per heavy atom. The normalized spacial score (nSPS) is 19.9. The lowest BCUT2D eigenvalue weighted by Crippen LogP contribution is -2.49. The largest absolute Gasteiger partial charge is 0.480 e. The fourth-order valence-corrected chi connectivity index (χ4v) is 3.70. The summed E-state index contributed by atoms with van der Waals surface area (Å²) in [7, 11) is 1.51. The molecule has 0 saturated carbocycles. The van der Waals surface area contributed by atoms with E-state index in [0.29, 0.717) is 41.2 Å². The summed E-state index contributed by atoms with van der Waals surface area (Å²) in [6, 6.07) is 7.05. The van der Waals surface area contributed by atoms with Crippen LogP contribution in [0.1, 0.15) is 16.8 Å². The predicted molar refractivity (Wildman–Crippen MR) is 105 cm³/mol. The Morgan fingerprint density at radius 1 is 1.42 bits per heavy atom. The standard InChI is InChI=1S/C17H19BrClN5O2/c1-26-15-13(19)8-21-17(23-15)22-14-6-7-24(9-12(14)18)16(25)10-2-4-11(20)5-3-10/h2-5,8,12,14H,6-7,9,20H2,1H3,(H,21,22,23)/t12?,14-/m0/s1. The SMILES string of the molecule is COc1nc(N[C@H]2CCN(C(=O)c3ccc(N)cc3)CC2Br)ncc1Cl. The first-order chi connectivity index (χ1) is 12.5. The predicted octanol–water partition coefficient (Wildman–Crippen LogP) is 2.81. The van der Waals surface area contributed by atoms with Crippen LogP contribution in [0.2, 0.25) is 5.02 Å². The van der Waals surface area contributed by atoms with Crippen molar-refractivity contribution in [1.82, 2.24) is 14.9 Å². The van der Waals surface area contributed by atoms with Gasteiger partial charge in [0.05, 0.1) is 18.1 Å². The number of methoxy groups -OCH3 is 1. The molecule has 1 unspecified atom stereocenters. The lowest BCUT2D eigenvalue weighted by molar-refractivity contribution is 0.0724. The number of piperidine rings is 1. The fourth-order valence-electron chi connectivity index (χ4n) is 2.79. The highest BCUT2D eigenvalue weighted by Crippen LogP contribution is 2.25. The molecule has 0 bridgehead atoms. The first kappa shape index (κ1) is 18.7. The zero-order valence-corrected chi connectivity index (χ0v) is 16.5. The maximum atomic E-state index is 12.6. The van der Waals surface area contributed by atoms with Crippen LogP contribution in [0.5, 0.6) is 5.88 Å². The Bertz CT molecular complexity index is 789. The second-order valence-corrected chi connectivity index (χ2v) is 7.56. The number of likely N-dealkylation sites (tertiary alicyclic amines) is 1. The molecule has 0 aliphatic carbocycles. The van der Waals surface area contributed by atoms with E-state index in [-0.39, 0.29) is 16.8 Å². The van der Waals surface area contributed by atoms with E-state index in [1.54, 1.807) is 24.3 Å². The number of hydrogen-bond acceptors (Lipinski definition) is 6. The van der Waals surface area contributed by atoms with E-state index in [1.807, 2.05) is 4.90 Å². The summed E-state index contributed by atoms with van der Waals surface area (Å²) in [5, 5.41) is 3.64. The average Bonchev–Trinajstić information content (AvgIpc) is 2.65. The summed E-state index contributed by atoms with van der Waals surface area (Å²) >= 11 is 9.62. The van der Waals surface area contributed by atoms with E-state index < -0.39 is 0 Å². The van der Waals surface area contributed by atoms with Gasteiger partial charge in [-0.3, -0.25) is 4.79 Å². The van der Waals surface area contributed by atoms with Gasteiger partial charge in [0.15, 0.2) is 0 Å². The maximum absolute atomic E-state index is 12.6. The average molecular weight is 441 g/mol. The van der Waals surface area contributed by atoms with E-state index in [2.05, 4.69) is 31.2 Å². The molecule has 1 saturated heterocycles. The molecule has 1 aliphatic heterocycles. The minimum absolute atomic E-state index is 0.00249. The van der Waals surface area contributed by atoms with E-state index in [1.165, 1.54) is 13.3 Å². The minimum Gasteiger partial charge on any atom is -0.480 e. The molecule has 3 rings (SSSR count). The molecular weight excluding hydrogens is 422 g/mol. The third-order valence-electron chi connectivity index (χ3n) is 4.21. The summed E-state index contributed by atoms with van der Waals surface area (Å²) in [6.07, 6.45) is 2.25. The van der Waals surface area contributed by atoms with Crippen molar-refractivity contribution < 1.29 is 9.53 Å². The zero-order chi connectivity index (χ0) is 18.7. The number of rotatable bonds is 4. The number of nitrogens with one attached hydrogen (secondary N) is 1. The Kier molecular flexibility index (Phi) is 5.83. The van der Waals surface area contributed by atoms with Crippen molar-refractivity contribution in [1.29, 1.82) is 0 Å². The molecule has 1 amide bonds. The molecule has 1 aliphatic rings. The zero-order valence-electron chi connectivity index (χ0n) is 14.2. The van der Waals surface area contributed by atoms with Gasteiger partial charge in [-0.2, -0.15) is 4.98 Å². The second-order valence-electron chi connectivity index (χ2n) is 5.98. The smallest absolute Gasteiger partial charge is 0.253 e. The Labute approximate surface area is 165 Å². The number of carbonyl (C=O) groups is 1. The minimum atomic E-state index is -0.00249. The Balaban J connectivity index is 1.63. The van der Waals surface area contributed by atoms with Gasteiger partial charge in [0, 0.05) is 30.4 Å². The number of benzene rings is 1. The van der Waals surface area contributed by atoms with Gasteiger partial charge in [-0.15, -0.1) is 0 Å². The van der Waals surface area contributed by atoms with Gasteiger partial charge in [-0.25, -0.2) is 4.98 Å². The van der Waals surface area contributed by atoms with E-state index in [4.69, 9.17) is 22.1 Å². The van der Waals surface area contributed by atoms with Crippen LogP contribution in [0.15, 0.2) is 30.5 Å². The topological polar surface area (TPSA) is 93.4 Å². The van der Waals surface area contributed by atoms with Crippen molar-refractivity contribution in [3.63, 3.8) is 0 Å². The molecule has 2 heterocycles. The Hall–Kier alpha value is -2.06. The van der Waals surface area contributed by atoms with Crippen molar-refractivity contribution in [3.05, 3.63) is 41.0 Å². The summed E-state index contributed by atoms with van der Waals surface area (Å²) in [6.45, 7) is 1.21. The summed E-state index contributed by atoms with van der Waals surface area (Å²) in [4.78, 5) is 22.9. The lowest BCUT2D eigenvalue weighted by atomic mass is 10.0. The van der Waals surface area contributed by atoms with Crippen molar-refractivity contribution >= 4 is 45.1 Å². The molecular formula is C17H19BrClN5O2. The monoisotopic (exact) mass is 439 g/mol. The van der Waals surface area contributed by atoms with Crippen molar-refractivity contribution in [3.8, 4) is 5.88 Å². The number of amides is 1. The van der Waals surface area contributed by atoms with Crippen LogP contribution in [0.3, 0.4) is 0 Å². The highest BCUT2D eigenvalue weighted by atomic mass is 79.9. The van der Waals surface area contributed by atoms with Gasteiger partial charge < -0.3 is 20.7 Å². The number of carbonyl (C=O) groups excluding carboxylic acids is 1. The first-order valence-electron chi connectivity index (χ1n) is 8.10. The van der Waals surface area contributed by atoms with Gasteiger partial charge in [-0.1, -0.05) is 27.5 Å². The van der Waals surface area contributed by atoms with Gasteiger partial charge >= 0.3 is 0 Å². The fraction of sp³-hybridized carbons (Fsp3) is 0.353. The summed E-state index contributed by atoms with van der Waals surface area (Å²) < 4.78 is 5.11. The van der Waals surface area contributed by atoms with Gasteiger partial charge in [0.25, 0.3) is 5.91 Å². The third-order valence-corrected chi connectivity index (χ3v) is 5.39. The van der Waals surface area contributed by atoms with Crippen LogP contribution < -0.4 is 15.8 Å². The van der Waals surface area contributed by atoms with Crippen LogP contribution >= 0.6 is 27.5 Å². The molecule has 7 nitrogen and oxygen atoms in total. The number of anilines is 2. The first-order valence-corrected chi connectivity index (χ1v) is 9.39. The molecule has 1 aromatic carbocycles. The maximum Gasteiger partial charge on any atom is 0.253 e. The number of halogens is 2. The highest BCUT2D eigenvalue weighted by molar-refractivity contribution is 9.09. The molecule has 2 atom stereocenters. The van der Waals surface area contributed by atoms with Crippen LogP contribution in [0, 0.1) is 0 Å². The second kappa shape index (κ2) is 8.09. The van der Waals surface area contributed by atoms with E-state index >= 15 is 0 Å². The van der Waals surface area contributed by atoms with Crippen LogP contribution in [0.4, 0.5) is 11.6 Å². The number of hydrogen-bond donors (Lipinski definition) is 2. The molecule has 0 radical (unpaired) electrons. The number of ether oxygens (including phenoxy) is 1. The van der Waals surface area contributed by atoms with Gasteiger partial charge in [0.1, 0.15) is 5.02 Å². The summed E-state index contributed by atoms with van der Waals surface area (Å²) in [5.74, 6) is 0.766. The molecule has 138 valence electrons. The molecule has 2 aromatic rings. The van der Waals surface area contributed by atoms with Gasteiger partial charge in [0.2, 0.25) is 11.8 Å². The number of alkyl halides is 1. The molecule has 9 heteroatoms. The van der Waals surface area contributed by atoms with Crippen LogP contribution in [-0.4, -0.2) is 51.8 Å². The van der Waals surface area contributed by atoms with Gasteiger partial charge in [-0.05, 0) is 30.7 Å². The number of nitrogen functional groups attached to an aromatic ring is 1. The number of nitrogens with two attached hydrogens (primary N) is 1. The quantitative estimate of drug-likeness (QED) is 0.561.